The van der Waals surface area contributed by atoms with Gasteiger partial charge in [-0.15, -0.1) is 0 Å². The molecule has 0 heterocycles. The van der Waals surface area contributed by atoms with E-state index in [9.17, 15) is 0 Å². The maximum atomic E-state index is 3.56. The van der Waals surface area contributed by atoms with Gasteiger partial charge in [-0.05, 0) is 50.7 Å². The van der Waals surface area contributed by atoms with Crippen LogP contribution in [0.4, 0.5) is 0 Å². The molecule has 1 fully saturated rings. The zero-order chi connectivity index (χ0) is 10.9. The number of hydrogen-bond acceptors (Lipinski definition) is 1. The molecule has 1 saturated carbocycles. The van der Waals surface area contributed by atoms with E-state index in [-0.39, 0.29) is 5.54 Å². The molecule has 1 nitrogen and oxygen atoms in total. The summed E-state index contributed by atoms with van der Waals surface area (Å²) < 4.78 is 0. The zero-order valence-corrected chi connectivity index (χ0v) is 10.0. The molecule has 0 spiro atoms. The molecular weight excluding hydrogens is 182 g/mol. The van der Waals surface area contributed by atoms with Crippen LogP contribution in [0.2, 0.25) is 0 Å². The quantitative estimate of drug-likeness (QED) is 0.793. The Morgan fingerprint density at radius 2 is 1.87 bits per heavy atom. The Morgan fingerprint density at radius 1 is 1.20 bits per heavy atom. The van der Waals surface area contributed by atoms with Crippen LogP contribution in [-0.2, 0) is 6.54 Å². The van der Waals surface area contributed by atoms with Crippen LogP contribution in [0, 0.1) is 0 Å². The molecule has 1 aromatic rings. The normalized spacial score (nSPS) is 16.7. The highest BCUT2D eigenvalue weighted by molar-refractivity contribution is 5.33. The van der Waals surface area contributed by atoms with Crippen LogP contribution in [0.15, 0.2) is 24.3 Å². The van der Waals surface area contributed by atoms with Crippen LogP contribution >= 0.6 is 0 Å². The molecular formula is C14H21N. The Balaban J connectivity index is 2.06. The fraction of sp³-hybridized carbons (Fsp3) is 0.571. The molecule has 2 rings (SSSR count). The third-order valence-corrected chi connectivity index (χ3v) is 2.88. The summed E-state index contributed by atoms with van der Waals surface area (Å²) in [5.74, 6) is 0.850. The first kappa shape index (κ1) is 10.7. The molecule has 0 bridgehead atoms. The van der Waals surface area contributed by atoms with Gasteiger partial charge >= 0.3 is 0 Å². The van der Waals surface area contributed by atoms with Gasteiger partial charge < -0.3 is 5.32 Å². The zero-order valence-electron chi connectivity index (χ0n) is 10.0. The monoisotopic (exact) mass is 203 g/mol. The van der Waals surface area contributed by atoms with Gasteiger partial charge in [-0.2, -0.15) is 0 Å². The van der Waals surface area contributed by atoms with E-state index in [4.69, 9.17) is 0 Å². The number of benzene rings is 1. The highest BCUT2D eigenvalue weighted by atomic mass is 14.9. The lowest BCUT2D eigenvalue weighted by Crippen LogP contribution is -2.35. The molecule has 0 aromatic heterocycles. The van der Waals surface area contributed by atoms with Gasteiger partial charge in [0.05, 0.1) is 0 Å². The van der Waals surface area contributed by atoms with E-state index in [0.29, 0.717) is 0 Å². The second kappa shape index (κ2) is 3.97. The van der Waals surface area contributed by atoms with E-state index >= 15 is 0 Å². The molecule has 0 amide bonds. The lowest BCUT2D eigenvalue weighted by molar-refractivity contribution is 0.423. The topological polar surface area (TPSA) is 12.0 Å². The van der Waals surface area contributed by atoms with E-state index in [2.05, 4.69) is 50.4 Å². The predicted molar refractivity (Wildman–Crippen MR) is 65.0 cm³/mol. The summed E-state index contributed by atoms with van der Waals surface area (Å²) in [6.45, 7) is 7.64. The fourth-order valence-corrected chi connectivity index (χ4v) is 1.85. The largest absolute Gasteiger partial charge is 0.308 e. The number of rotatable bonds is 3. The van der Waals surface area contributed by atoms with Crippen LogP contribution in [0.3, 0.4) is 0 Å². The highest BCUT2D eigenvalue weighted by Gasteiger charge is 2.25. The molecule has 0 saturated heterocycles. The minimum Gasteiger partial charge on any atom is -0.308 e. The van der Waals surface area contributed by atoms with Crippen LogP contribution in [0.1, 0.15) is 50.7 Å². The first-order valence-electron chi connectivity index (χ1n) is 5.89. The van der Waals surface area contributed by atoms with E-state index in [1.54, 1.807) is 5.56 Å². The van der Waals surface area contributed by atoms with Crippen molar-refractivity contribution >= 4 is 0 Å². The summed E-state index contributed by atoms with van der Waals surface area (Å²) in [5, 5.41) is 3.56. The molecule has 1 N–H and O–H groups in total. The van der Waals surface area contributed by atoms with Crippen molar-refractivity contribution in [3.05, 3.63) is 35.4 Å². The average molecular weight is 203 g/mol. The summed E-state index contributed by atoms with van der Waals surface area (Å²) in [6, 6.07) is 8.85. The fourth-order valence-electron chi connectivity index (χ4n) is 1.85. The number of hydrogen-bond donors (Lipinski definition) is 1. The first-order chi connectivity index (χ1) is 7.06. The molecule has 0 atom stereocenters. The van der Waals surface area contributed by atoms with Crippen molar-refractivity contribution in [1.82, 2.24) is 5.32 Å². The minimum atomic E-state index is 0.205. The predicted octanol–water partition coefficient (Wildman–Crippen LogP) is 3.45. The molecule has 1 aromatic carbocycles. The van der Waals surface area contributed by atoms with Crippen molar-refractivity contribution in [2.24, 2.45) is 0 Å². The second-order valence-corrected chi connectivity index (χ2v) is 5.58. The molecule has 0 unspecified atom stereocenters. The van der Waals surface area contributed by atoms with Crippen molar-refractivity contribution in [2.75, 3.05) is 0 Å². The third-order valence-electron chi connectivity index (χ3n) is 2.88. The van der Waals surface area contributed by atoms with Crippen molar-refractivity contribution in [1.29, 1.82) is 0 Å². The first-order valence-corrected chi connectivity index (χ1v) is 5.89. The molecule has 82 valence electrons. The van der Waals surface area contributed by atoms with E-state index in [0.717, 1.165) is 12.5 Å². The van der Waals surface area contributed by atoms with E-state index < -0.39 is 0 Å². The lowest BCUT2D eigenvalue weighted by atomic mass is 10.0. The van der Waals surface area contributed by atoms with Crippen molar-refractivity contribution in [3.63, 3.8) is 0 Å². The van der Waals surface area contributed by atoms with E-state index in [1.807, 2.05) is 0 Å². The maximum Gasteiger partial charge on any atom is 0.0213 e. The lowest BCUT2D eigenvalue weighted by Gasteiger charge is -2.21. The van der Waals surface area contributed by atoms with Crippen molar-refractivity contribution in [2.45, 2.75) is 51.6 Å². The van der Waals surface area contributed by atoms with Crippen LogP contribution in [-0.4, -0.2) is 5.54 Å². The van der Waals surface area contributed by atoms with Gasteiger partial charge in [0.2, 0.25) is 0 Å². The van der Waals surface area contributed by atoms with Gasteiger partial charge in [0.15, 0.2) is 0 Å². The highest BCUT2D eigenvalue weighted by Crippen LogP contribution is 2.41. The maximum absolute atomic E-state index is 3.56. The van der Waals surface area contributed by atoms with Crippen LogP contribution in [0.25, 0.3) is 0 Å². The van der Waals surface area contributed by atoms with Gasteiger partial charge in [-0.25, -0.2) is 0 Å². The van der Waals surface area contributed by atoms with Gasteiger partial charge in [0.25, 0.3) is 0 Å². The molecule has 15 heavy (non-hydrogen) atoms. The Hall–Kier alpha value is -0.820. The van der Waals surface area contributed by atoms with Crippen molar-refractivity contribution < 1.29 is 0 Å². The summed E-state index contributed by atoms with van der Waals surface area (Å²) in [7, 11) is 0. The molecule has 1 aliphatic rings. The summed E-state index contributed by atoms with van der Waals surface area (Å²) in [4.78, 5) is 0. The molecule has 1 heteroatoms. The molecule has 1 aliphatic carbocycles. The summed E-state index contributed by atoms with van der Waals surface area (Å²) in [6.07, 6.45) is 2.76. The van der Waals surface area contributed by atoms with Gasteiger partial charge in [-0.1, -0.05) is 24.3 Å². The van der Waals surface area contributed by atoms with E-state index in [1.165, 1.54) is 18.4 Å². The van der Waals surface area contributed by atoms with Gasteiger partial charge in [-0.3, -0.25) is 0 Å². The Kier molecular flexibility index (Phi) is 2.83. The second-order valence-electron chi connectivity index (χ2n) is 5.58. The van der Waals surface area contributed by atoms with Gasteiger partial charge in [0.1, 0.15) is 0 Å². The Labute approximate surface area is 92.9 Å². The SMILES string of the molecule is CC(C)(C)NCc1ccccc1C1CC1. The van der Waals surface area contributed by atoms with Gasteiger partial charge in [0, 0.05) is 12.1 Å². The van der Waals surface area contributed by atoms with Crippen LogP contribution in [0.5, 0.6) is 0 Å². The summed E-state index contributed by atoms with van der Waals surface area (Å²) in [5.41, 5.74) is 3.25. The van der Waals surface area contributed by atoms with Crippen molar-refractivity contribution in [3.8, 4) is 0 Å². The standard InChI is InChI=1S/C14H21N/c1-14(2,3)15-10-12-6-4-5-7-13(12)11-8-9-11/h4-7,11,15H,8-10H2,1-3H3. The number of nitrogens with one attached hydrogen (secondary N) is 1. The van der Waals surface area contributed by atoms with Crippen LogP contribution < -0.4 is 5.32 Å². The average Bonchev–Trinajstić information content (AvgIpc) is 2.97. The smallest absolute Gasteiger partial charge is 0.0213 e. The summed E-state index contributed by atoms with van der Waals surface area (Å²) >= 11 is 0. The Bertz CT molecular complexity index is 331. The minimum absolute atomic E-state index is 0.205. The Morgan fingerprint density at radius 3 is 2.47 bits per heavy atom. The molecule has 0 aliphatic heterocycles. The molecule has 0 radical (unpaired) electrons. The third kappa shape index (κ3) is 3.07.